The standard InChI is InChI=1S/C22H20N4O6/c1-13-19(20(28)26(24(13)2)15-7-5-4-6-8-15)23-18(27)12-25-16-10-9-14(21(29)31-3)11-17(16)32-22(25)30/h4-11H,12H2,1-3H3,(H,23,27). The Balaban J connectivity index is 1.63. The van der Waals surface area contributed by atoms with Crippen molar-refractivity contribution < 1.29 is 18.7 Å². The van der Waals surface area contributed by atoms with E-state index >= 15 is 0 Å². The fourth-order valence-electron chi connectivity index (χ4n) is 3.50. The van der Waals surface area contributed by atoms with Gasteiger partial charge in [0.05, 0.1) is 29.6 Å². The Morgan fingerprint density at radius 3 is 2.50 bits per heavy atom. The highest BCUT2D eigenvalue weighted by Gasteiger charge is 2.20. The largest absolute Gasteiger partial charge is 0.465 e. The number of benzene rings is 2. The Labute approximate surface area is 181 Å². The predicted molar refractivity (Wildman–Crippen MR) is 116 cm³/mol. The molecule has 0 aliphatic heterocycles. The van der Waals surface area contributed by atoms with Crippen molar-refractivity contribution in [2.75, 3.05) is 12.4 Å². The summed E-state index contributed by atoms with van der Waals surface area (Å²) in [4.78, 5) is 49.6. The molecule has 0 aliphatic carbocycles. The second-order valence-corrected chi connectivity index (χ2v) is 7.11. The number of nitrogens with one attached hydrogen (secondary N) is 1. The lowest BCUT2D eigenvalue weighted by Crippen LogP contribution is -2.27. The van der Waals surface area contributed by atoms with Crippen LogP contribution in [0.25, 0.3) is 16.8 Å². The molecular weight excluding hydrogens is 416 g/mol. The Morgan fingerprint density at radius 1 is 1.09 bits per heavy atom. The van der Waals surface area contributed by atoms with Crippen LogP contribution in [0.4, 0.5) is 5.69 Å². The van der Waals surface area contributed by atoms with Crippen LogP contribution >= 0.6 is 0 Å². The van der Waals surface area contributed by atoms with Crippen LogP contribution in [0, 0.1) is 6.92 Å². The van der Waals surface area contributed by atoms with E-state index in [0.717, 1.165) is 4.57 Å². The van der Waals surface area contributed by atoms with Crippen LogP contribution in [0.5, 0.6) is 0 Å². The summed E-state index contributed by atoms with van der Waals surface area (Å²) in [6.07, 6.45) is 0. The molecule has 2 aromatic heterocycles. The second-order valence-electron chi connectivity index (χ2n) is 7.11. The molecule has 10 nitrogen and oxygen atoms in total. The highest BCUT2D eigenvalue weighted by molar-refractivity contribution is 5.94. The summed E-state index contributed by atoms with van der Waals surface area (Å²) in [7, 11) is 2.96. The minimum atomic E-state index is -0.761. The van der Waals surface area contributed by atoms with Crippen molar-refractivity contribution in [2.24, 2.45) is 7.05 Å². The normalized spacial score (nSPS) is 11.0. The van der Waals surface area contributed by atoms with E-state index in [4.69, 9.17) is 4.42 Å². The van der Waals surface area contributed by atoms with E-state index in [2.05, 4.69) is 10.1 Å². The van der Waals surface area contributed by atoms with Crippen LogP contribution in [0.3, 0.4) is 0 Å². The lowest BCUT2D eigenvalue weighted by atomic mass is 10.2. The third-order valence-corrected chi connectivity index (χ3v) is 5.21. The zero-order valence-electron chi connectivity index (χ0n) is 17.6. The molecule has 0 spiro atoms. The van der Waals surface area contributed by atoms with Crippen LogP contribution in [-0.4, -0.2) is 32.9 Å². The van der Waals surface area contributed by atoms with Gasteiger partial charge in [-0.05, 0) is 37.3 Å². The average Bonchev–Trinajstić information content (AvgIpc) is 3.21. The van der Waals surface area contributed by atoms with Crippen molar-refractivity contribution in [3.8, 4) is 5.69 Å². The number of carbonyl (C=O) groups is 2. The summed E-state index contributed by atoms with van der Waals surface area (Å²) < 4.78 is 14.0. The lowest BCUT2D eigenvalue weighted by Gasteiger charge is -2.07. The third kappa shape index (κ3) is 3.51. The number of aromatic nitrogens is 3. The number of fused-ring (bicyclic) bond motifs is 1. The molecule has 0 saturated heterocycles. The Hall–Kier alpha value is -4.34. The first-order valence-corrected chi connectivity index (χ1v) is 9.67. The quantitative estimate of drug-likeness (QED) is 0.477. The Morgan fingerprint density at radius 2 is 1.81 bits per heavy atom. The van der Waals surface area contributed by atoms with Crippen LogP contribution in [-0.2, 0) is 23.1 Å². The molecular formula is C22H20N4O6. The number of anilines is 1. The first-order valence-electron chi connectivity index (χ1n) is 9.67. The first-order chi connectivity index (χ1) is 15.3. The van der Waals surface area contributed by atoms with Gasteiger partial charge >= 0.3 is 11.7 Å². The van der Waals surface area contributed by atoms with Gasteiger partial charge in [0.25, 0.3) is 5.56 Å². The molecule has 1 amide bonds. The van der Waals surface area contributed by atoms with Gasteiger partial charge in [0.15, 0.2) is 5.58 Å². The summed E-state index contributed by atoms with van der Waals surface area (Å²) in [6.45, 7) is 1.34. The highest BCUT2D eigenvalue weighted by Crippen LogP contribution is 2.17. The van der Waals surface area contributed by atoms with Crippen molar-refractivity contribution in [3.63, 3.8) is 0 Å². The van der Waals surface area contributed by atoms with E-state index in [-0.39, 0.29) is 23.4 Å². The molecule has 0 saturated carbocycles. The number of rotatable bonds is 5. The minimum absolute atomic E-state index is 0.121. The SMILES string of the molecule is COC(=O)c1ccc2c(c1)oc(=O)n2CC(=O)Nc1c(C)n(C)n(-c2ccccc2)c1=O. The molecule has 1 N–H and O–H groups in total. The van der Waals surface area contributed by atoms with E-state index in [9.17, 15) is 19.2 Å². The smallest absolute Gasteiger partial charge is 0.420 e. The monoisotopic (exact) mass is 436 g/mol. The number of para-hydroxylation sites is 1. The first kappa shape index (κ1) is 20.9. The molecule has 0 bridgehead atoms. The fourth-order valence-corrected chi connectivity index (χ4v) is 3.50. The van der Waals surface area contributed by atoms with Gasteiger partial charge in [0.1, 0.15) is 12.2 Å². The molecule has 0 aliphatic rings. The van der Waals surface area contributed by atoms with Crippen molar-refractivity contribution in [2.45, 2.75) is 13.5 Å². The number of hydrogen-bond acceptors (Lipinski definition) is 6. The van der Waals surface area contributed by atoms with E-state index in [1.807, 2.05) is 18.2 Å². The zero-order valence-corrected chi connectivity index (χ0v) is 17.6. The van der Waals surface area contributed by atoms with Crippen molar-refractivity contribution in [3.05, 3.63) is 80.7 Å². The van der Waals surface area contributed by atoms with Crippen molar-refractivity contribution >= 4 is 28.7 Å². The number of ether oxygens (including phenoxy) is 1. The predicted octanol–water partition coefficient (Wildman–Crippen LogP) is 1.82. The van der Waals surface area contributed by atoms with Crippen LogP contribution in [0.1, 0.15) is 16.1 Å². The Kier molecular flexibility index (Phi) is 5.27. The fraction of sp³-hybridized carbons (Fsp3) is 0.182. The van der Waals surface area contributed by atoms with Crippen molar-refractivity contribution in [1.82, 2.24) is 13.9 Å². The van der Waals surface area contributed by atoms with Gasteiger partial charge < -0.3 is 14.5 Å². The molecule has 32 heavy (non-hydrogen) atoms. The lowest BCUT2D eigenvalue weighted by molar-refractivity contribution is -0.116. The minimum Gasteiger partial charge on any atom is -0.465 e. The summed E-state index contributed by atoms with van der Waals surface area (Å²) in [5.41, 5.74) is 1.64. The van der Waals surface area contributed by atoms with E-state index in [1.54, 1.807) is 30.8 Å². The van der Waals surface area contributed by atoms with E-state index < -0.39 is 23.2 Å². The number of amides is 1. The molecule has 0 atom stereocenters. The summed E-state index contributed by atoms with van der Waals surface area (Å²) in [5.74, 6) is -1.91. The third-order valence-electron chi connectivity index (χ3n) is 5.21. The topological polar surface area (TPSA) is 117 Å². The number of nitrogens with zero attached hydrogens (tertiary/aromatic N) is 3. The maximum atomic E-state index is 13.0. The molecule has 0 radical (unpaired) electrons. The van der Waals surface area contributed by atoms with Gasteiger partial charge in [-0.15, -0.1) is 0 Å². The van der Waals surface area contributed by atoms with Crippen LogP contribution in [0.2, 0.25) is 0 Å². The summed E-state index contributed by atoms with van der Waals surface area (Å²) >= 11 is 0. The van der Waals surface area contributed by atoms with Crippen LogP contribution in [0.15, 0.2) is 62.5 Å². The molecule has 0 unspecified atom stereocenters. The van der Waals surface area contributed by atoms with Gasteiger partial charge in [-0.2, -0.15) is 0 Å². The number of oxazole rings is 1. The molecule has 164 valence electrons. The number of hydrogen-bond donors (Lipinski definition) is 1. The average molecular weight is 436 g/mol. The molecule has 4 rings (SSSR count). The zero-order chi connectivity index (χ0) is 23.0. The molecule has 10 heteroatoms. The van der Waals surface area contributed by atoms with Crippen LogP contribution < -0.4 is 16.6 Å². The van der Waals surface area contributed by atoms with E-state index in [0.29, 0.717) is 16.9 Å². The van der Waals surface area contributed by atoms with Gasteiger partial charge in [-0.25, -0.2) is 14.3 Å². The number of methoxy groups -OCH3 is 1. The maximum absolute atomic E-state index is 13.0. The molecule has 4 aromatic rings. The highest BCUT2D eigenvalue weighted by atomic mass is 16.5. The second kappa shape index (κ2) is 8.06. The Bertz CT molecular complexity index is 1460. The van der Waals surface area contributed by atoms with E-state index in [1.165, 1.54) is 30.0 Å². The summed E-state index contributed by atoms with van der Waals surface area (Å²) in [6, 6.07) is 13.4. The number of esters is 1. The van der Waals surface area contributed by atoms with Gasteiger partial charge in [0, 0.05) is 7.05 Å². The molecule has 0 fully saturated rings. The molecule has 2 aromatic carbocycles. The van der Waals surface area contributed by atoms with Gasteiger partial charge in [0.2, 0.25) is 5.91 Å². The molecule has 2 heterocycles. The van der Waals surface area contributed by atoms with Gasteiger partial charge in [-0.3, -0.25) is 18.8 Å². The van der Waals surface area contributed by atoms with Crippen molar-refractivity contribution in [1.29, 1.82) is 0 Å². The number of carbonyl (C=O) groups excluding carboxylic acids is 2. The summed E-state index contributed by atoms with van der Waals surface area (Å²) in [5, 5.41) is 2.61. The van der Waals surface area contributed by atoms with Gasteiger partial charge in [-0.1, -0.05) is 18.2 Å². The maximum Gasteiger partial charge on any atom is 0.420 e.